The van der Waals surface area contributed by atoms with E-state index in [9.17, 15) is 9.59 Å². The third-order valence-corrected chi connectivity index (χ3v) is 5.63. The molecule has 0 aliphatic carbocycles. The van der Waals surface area contributed by atoms with E-state index in [1.165, 1.54) is 5.56 Å². The van der Waals surface area contributed by atoms with Gasteiger partial charge in [-0.3, -0.25) is 9.59 Å². The number of carbonyl (C=O) groups excluding carboxylic acids is 2. The van der Waals surface area contributed by atoms with Crippen LogP contribution in [0.1, 0.15) is 34.7 Å². The molecule has 27 heavy (non-hydrogen) atoms. The number of hydrogen-bond donors (Lipinski definition) is 3. The molecule has 2 saturated heterocycles. The van der Waals surface area contributed by atoms with Crippen molar-refractivity contribution in [2.75, 3.05) is 39.8 Å². The second kappa shape index (κ2) is 7.70. The summed E-state index contributed by atoms with van der Waals surface area (Å²) >= 11 is 0. The van der Waals surface area contributed by atoms with Crippen LogP contribution in [0, 0.1) is 0 Å². The summed E-state index contributed by atoms with van der Waals surface area (Å²) in [5.74, 6) is 0.278. The van der Waals surface area contributed by atoms with Crippen molar-refractivity contribution >= 4 is 22.7 Å². The molecule has 7 heteroatoms. The van der Waals surface area contributed by atoms with E-state index in [1.54, 1.807) is 11.9 Å². The quantitative estimate of drug-likeness (QED) is 0.758. The molecule has 4 rings (SSSR count). The Morgan fingerprint density at radius 1 is 1.26 bits per heavy atom. The van der Waals surface area contributed by atoms with Crippen LogP contribution >= 0.6 is 0 Å². The normalized spacial score (nSPS) is 21.4. The van der Waals surface area contributed by atoms with Gasteiger partial charge in [-0.05, 0) is 55.6 Å². The van der Waals surface area contributed by atoms with Gasteiger partial charge in [-0.15, -0.1) is 0 Å². The minimum absolute atomic E-state index is 0.0495. The Morgan fingerprint density at radius 2 is 2.07 bits per heavy atom. The molecule has 1 atom stereocenters. The van der Waals surface area contributed by atoms with Crippen LogP contribution in [-0.4, -0.2) is 67.6 Å². The Kier molecular flexibility index (Phi) is 5.13. The van der Waals surface area contributed by atoms with Crippen molar-refractivity contribution in [3.63, 3.8) is 0 Å². The van der Waals surface area contributed by atoms with E-state index in [0.717, 1.165) is 36.8 Å². The van der Waals surface area contributed by atoms with Crippen LogP contribution in [0.25, 0.3) is 10.9 Å². The zero-order chi connectivity index (χ0) is 18.8. The fourth-order valence-corrected chi connectivity index (χ4v) is 4.08. The first-order valence-electron chi connectivity index (χ1n) is 9.61. The number of rotatable bonds is 3. The van der Waals surface area contributed by atoms with E-state index in [2.05, 4.69) is 21.8 Å². The SMILES string of the molecule is CNC(=O)C1CN(C(=O)c2ccc3[nH]cc(C4CCNCC4)c3c2)CCO1. The summed E-state index contributed by atoms with van der Waals surface area (Å²) in [4.78, 5) is 29.9. The number of likely N-dealkylation sites (N-methyl/N-ethyl adjacent to an activating group) is 1. The third kappa shape index (κ3) is 3.57. The van der Waals surface area contributed by atoms with Gasteiger partial charge in [0.1, 0.15) is 0 Å². The minimum Gasteiger partial charge on any atom is -0.365 e. The summed E-state index contributed by atoms with van der Waals surface area (Å²) in [6.07, 6.45) is 3.71. The van der Waals surface area contributed by atoms with Gasteiger partial charge in [-0.1, -0.05) is 0 Å². The second-order valence-corrected chi connectivity index (χ2v) is 7.25. The molecule has 0 bridgehead atoms. The van der Waals surface area contributed by atoms with Crippen molar-refractivity contribution in [1.82, 2.24) is 20.5 Å². The molecule has 7 nitrogen and oxygen atoms in total. The summed E-state index contributed by atoms with van der Waals surface area (Å²) in [5.41, 5.74) is 3.02. The molecule has 2 aliphatic rings. The number of ether oxygens (including phenoxy) is 1. The summed E-state index contributed by atoms with van der Waals surface area (Å²) < 4.78 is 5.49. The first-order valence-corrected chi connectivity index (χ1v) is 9.61. The predicted octanol–water partition coefficient (Wildman–Crippen LogP) is 1.22. The molecular formula is C20H26N4O3. The summed E-state index contributed by atoms with van der Waals surface area (Å²) in [7, 11) is 1.58. The molecule has 144 valence electrons. The molecule has 3 heterocycles. The van der Waals surface area contributed by atoms with E-state index >= 15 is 0 Å². The number of H-pyrrole nitrogens is 1. The van der Waals surface area contributed by atoms with Gasteiger partial charge >= 0.3 is 0 Å². The van der Waals surface area contributed by atoms with E-state index in [-0.39, 0.29) is 18.4 Å². The zero-order valence-corrected chi connectivity index (χ0v) is 15.6. The Labute approximate surface area is 158 Å². The van der Waals surface area contributed by atoms with Gasteiger partial charge in [0.2, 0.25) is 0 Å². The van der Waals surface area contributed by atoms with Crippen molar-refractivity contribution in [2.24, 2.45) is 0 Å². The van der Waals surface area contributed by atoms with Crippen molar-refractivity contribution in [2.45, 2.75) is 24.9 Å². The first-order chi connectivity index (χ1) is 13.2. The fraction of sp³-hybridized carbons (Fsp3) is 0.500. The molecule has 0 spiro atoms. The molecule has 1 unspecified atom stereocenters. The maximum Gasteiger partial charge on any atom is 0.254 e. The van der Waals surface area contributed by atoms with E-state index in [0.29, 0.717) is 24.6 Å². The number of aromatic amines is 1. The van der Waals surface area contributed by atoms with Crippen LogP contribution in [0.5, 0.6) is 0 Å². The standard InChI is InChI=1S/C20H26N4O3/c1-21-19(25)18-12-24(8-9-27-18)20(26)14-2-3-17-15(10-14)16(11-23-17)13-4-6-22-7-5-13/h2-3,10-11,13,18,22-23H,4-9,12H2,1H3,(H,21,25). The first kappa shape index (κ1) is 18.0. The van der Waals surface area contributed by atoms with Crippen molar-refractivity contribution in [3.8, 4) is 0 Å². The molecule has 1 aromatic heterocycles. The maximum atomic E-state index is 13.0. The maximum absolute atomic E-state index is 13.0. The predicted molar refractivity (Wildman–Crippen MR) is 103 cm³/mol. The van der Waals surface area contributed by atoms with Crippen LogP contribution in [-0.2, 0) is 9.53 Å². The highest BCUT2D eigenvalue weighted by Gasteiger charge is 2.29. The Morgan fingerprint density at radius 3 is 2.85 bits per heavy atom. The number of morpholine rings is 1. The number of fused-ring (bicyclic) bond motifs is 1. The number of piperidine rings is 1. The van der Waals surface area contributed by atoms with E-state index < -0.39 is 6.10 Å². The molecule has 3 N–H and O–H groups in total. The van der Waals surface area contributed by atoms with Crippen molar-refractivity contribution < 1.29 is 14.3 Å². The highest BCUT2D eigenvalue weighted by Crippen LogP contribution is 2.32. The van der Waals surface area contributed by atoms with Gasteiger partial charge in [0, 0.05) is 36.3 Å². The largest absolute Gasteiger partial charge is 0.365 e. The molecule has 2 fully saturated rings. The number of aromatic nitrogens is 1. The molecule has 0 saturated carbocycles. The monoisotopic (exact) mass is 370 g/mol. The minimum atomic E-state index is -0.603. The number of nitrogens with one attached hydrogen (secondary N) is 3. The molecule has 1 aromatic carbocycles. The van der Waals surface area contributed by atoms with Crippen LogP contribution in [0.3, 0.4) is 0 Å². The smallest absolute Gasteiger partial charge is 0.254 e. The Balaban J connectivity index is 1.57. The summed E-state index contributed by atoms with van der Waals surface area (Å²) in [6, 6.07) is 5.83. The van der Waals surface area contributed by atoms with Crippen LogP contribution in [0.15, 0.2) is 24.4 Å². The Hall–Kier alpha value is -2.38. The van der Waals surface area contributed by atoms with Gasteiger partial charge in [-0.2, -0.15) is 0 Å². The number of amides is 2. The number of benzene rings is 1. The lowest BCUT2D eigenvalue weighted by Crippen LogP contribution is -2.51. The van der Waals surface area contributed by atoms with Gasteiger partial charge in [0.25, 0.3) is 11.8 Å². The topological polar surface area (TPSA) is 86.5 Å². The number of carbonyl (C=O) groups is 2. The molecule has 2 aliphatic heterocycles. The Bertz CT molecular complexity index is 841. The number of hydrogen-bond acceptors (Lipinski definition) is 4. The van der Waals surface area contributed by atoms with Gasteiger partial charge in [0.15, 0.2) is 6.10 Å². The average Bonchev–Trinajstić information content (AvgIpc) is 3.16. The van der Waals surface area contributed by atoms with E-state index in [1.807, 2.05) is 18.2 Å². The zero-order valence-electron chi connectivity index (χ0n) is 15.6. The molecular weight excluding hydrogens is 344 g/mol. The second-order valence-electron chi connectivity index (χ2n) is 7.25. The molecule has 0 radical (unpaired) electrons. The third-order valence-electron chi connectivity index (χ3n) is 5.63. The molecule has 2 aromatic rings. The van der Waals surface area contributed by atoms with Gasteiger partial charge in [-0.25, -0.2) is 0 Å². The number of nitrogens with zero attached hydrogens (tertiary/aromatic N) is 1. The fourth-order valence-electron chi connectivity index (χ4n) is 4.08. The van der Waals surface area contributed by atoms with Crippen molar-refractivity contribution in [1.29, 1.82) is 0 Å². The van der Waals surface area contributed by atoms with Crippen molar-refractivity contribution in [3.05, 3.63) is 35.5 Å². The molecule has 2 amide bonds. The average molecular weight is 370 g/mol. The van der Waals surface area contributed by atoms with E-state index in [4.69, 9.17) is 4.74 Å². The van der Waals surface area contributed by atoms with Gasteiger partial charge < -0.3 is 25.3 Å². The lowest BCUT2D eigenvalue weighted by molar-refractivity contribution is -0.136. The van der Waals surface area contributed by atoms with Crippen LogP contribution in [0.2, 0.25) is 0 Å². The highest BCUT2D eigenvalue weighted by molar-refractivity contribution is 5.99. The van der Waals surface area contributed by atoms with Crippen LogP contribution in [0.4, 0.5) is 0 Å². The summed E-state index contributed by atoms with van der Waals surface area (Å²) in [5, 5.41) is 7.12. The van der Waals surface area contributed by atoms with Gasteiger partial charge in [0.05, 0.1) is 13.2 Å². The lowest BCUT2D eigenvalue weighted by atomic mass is 9.89. The van der Waals surface area contributed by atoms with Crippen LogP contribution < -0.4 is 10.6 Å². The summed E-state index contributed by atoms with van der Waals surface area (Å²) in [6.45, 7) is 3.22. The lowest BCUT2D eigenvalue weighted by Gasteiger charge is -2.32. The highest BCUT2D eigenvalue weighted by atomic mass is 16.5.